The molecule has 1 aromatic heterocycles. The molecule has 0 unspecified atom stereocenters. The molecular weight excluding hydrogens is 306 g/mol. The molecule has 1 N–H and O–H groups in total. The van der Waals surface area contributed by atoms with Gasteiger partial charge in [-0.15, -0.1) is 23.1 Å². The molecule has 0 amide bonds. The van der Waals surface area contributed by atoms with Gasteiger partial charge in [0.05, 0.1) is 16.4 Å². The Hall–Kier alpha value is -1.81. The molecule has 2 aromatic rings. The number of rotatable bonds is 5. The second-order valence-electron chi connectivity index (χ2n) is 4.09. The van der Waals surface area contributed by atoms with E-state index in [1.807, 2.05) is 11.4 Å². The SMILES string of the molecule is O=[N+]([O-])c1ccccc1SCc1cc(C#CCCO)cs1. The van der Waals surface area contributed by atoms with Crippen LogP contribution in [0.1, 0.15) is 16.9 Å². The molecule has 0 spiro atoms. The topological polar surface area (TPSA) is 63.4 Å². The molecule has 0 saturated carbocycles. The van der Waals surface area contributed by atoms with Crippen molar-refractivity contribution in [1.82, 2.24) is 0 Å². The predicted molar refractivity (Wildman–Crippen MR) is 85.6 cm³/mol. The molecule has 1 heterocycles. The van der Waals surface area contributed by atoms with Gasteiger partial charge in [-0.05, 0) is 12.1 Å². The number of nitro groups is 1. The molecular formula is C15H13NO3S2. The molecule has 0 fully saturated rings. The first kappa shape index (κ1) is 15.6. The number of benzene rings is 1. The van der Waals surface area contributed by atoms with E-state index in [4.69, 9.17) is 5.11 Å². The molecule has 0 aliphatic carbocycles. The fraction of sp³-hybridized carbons (Fsp3) is 0.200. The number of nitrogens with zero attached hydrogens (tertiary/aromatic N) is 1. The second-order valence-corrected chi connectivity index (χ2v) is 6.10. The molecule has 0 aliphatic heterocycles. The van der Waals surface area contributed by atoms with E-state index < -0.39 is 0 Å². The van der Waals surface area contributed by atoms with Crippen LogP contribution in [0.25, 0.3) is 0 Å². The van der Waals surface area contributed by atoms with Gasteiger partial charge in [0.25, 0.3) is 5.69 Å². The van der Waals surface area contributed by atoms with Gasteiger partial charge in [-0.3, -0.25) is 10.1 Å². The third-order valence-electron chi connectivity index (χ3n) is 2.56. The highest BCUT2D eigenvalue weighted by Gasteiger charge is 2.12. The highest BCUT2D eigenvalue weighted by Crippen LogP contribution is 2.32. The minimum atomic E-state index is -0.359. The summed E-state index contributed by atoms with van der Waals surface area (Å²) in [5, 5.41) is 21.6. The van der Waals surface area contributed by atoms with Crippen molar-refractivity contribution in [3.63, 3.8) is 0 Å². The van der Waals surface area contributed by atoms with Crippen molar-refractivity contribution in [3.05, 3.63) is 56.3 Å². The zero-order valence-corrected chi connectivity index (χ0v) is 12.7. The quantitative estimate of drug-likeness (QED) is 0.395. The lowest BCUT2D eigenvalue weighted by molar-refractivity contribution is -0.387. The van der Waals surface area contributed by atoms with Crippen LogP contribution in [0.4, 0.5) is 5.69 Å². The maximum atomic E-state index is 10.9. The normalized spacial score (nSPS) is 9.95. The van der Waals surface area contributed by atoms with Crippen molar-refractivity contribution in [2.45, 2.75) is 17.1 Å². The van der Waals surface area contributed by atoms with Crippen molar-refractivity contribution in [1.29, 1.82) is 0 Å². The van der Waals surface area contributed by atoms with Crippen LogP contribution in [0.15, 0.2) is 40.6 Å². The van der Waals surface area contributed by atoms with Crippen molar-refractivity contribution >= 4 is 28.8 Å². The largest absolute Gasteiger partial charge is 0.395 e. The smallest absolute Gasteiger partial charge is 0.282 e. The van der Waals surface area contributed by atoms with Crippen LogP contribution in [-0.2, 0) is 5.75 Å². The zero-order chi connectivity index (χ0) is 15.1. The van der Waals surface area contributed by atoms with Crippen LogP contribution in [0.5, 0.6) is 0 Å². The number of hydrogen-bond donors (Lipinski definition) is 1. The molecule has 1 aromatic carbocycles. The van der Waals surface area contributed by atoms with Crippen LogP contribution >= 0.6 is 23.1 Å². The molecule has 0 radical (unpaired) electrons. The maximum absolute atomic E-state index is 10.9. The number of aliphatic hydroxyl groups is 1. The number of thiophene rings is 1. The standard InChI is InChI=1S/C15H13NO3S2/c17-8-4-3-5-12-9-13(20-10-12)11-21-15-7-2-1-6-14(15)16(18)19/h1-2,6-7,9-10,17H,4,8,11H2. The Morgan fingerprint density at radius 3 is 2.95 bits per heavy atom. The summed E-state index contributed by atoms with van der Waals surface area (Å²) in [5.74, 6) is 6.53. The zero-order valence-electron chi connectivity index (χ0n) is 11.1. The first-order valence-corrected chi connectivity index (χ1v) is 8.10. The molecule has 0 bridgehead atoms. The molecule has 6 heteroatoms. The van der Waals surface area contributed by atoms with Gasteiger partial charge in [0.15, 0.2) is 0 Å². The summed E-state index contributed by atoms with van der Waals surface area (Å²) in [6.07, 6.45) is 0.468. The lowest BCUT2D eigenvalue weighted by Gasteiger charge is -2.00. The average Bonchev–Trinajstić information content (AvgIpc) is 2.93. The van der Waals surface area contributed by atoms with Crippen LogP contribution < -0.4 is 0 Å². The summed E-state index contributed by atoms with van der Waals surface area (Å²) in [6, 6.07) is 8.73. The van der Waals surface area contributed by atoms with E-state index in [2.05, 4.69) is 11.8 Å². The van der Waals surface area contributed by atoms with Gasteiger partial charge in [-0.2, -0.15) is 0 Å². The summed E-state index contributed by atoms with van der Waals surface area (Å²) in [4.78, 5) is 12.4. The molecule has 2 rings (SSSR count). The molecule has 108 valence electrons. The van der Waals surface area contributed by atoms with E-state index in [0.717, 1.165) is 10.4 Å². The Balaban J connectivity index is 2.01. The van der Waals surface area contributed by atoms with E-state index in [-0.39, 0.29) is 17.2 Å². The Labute approximate surface area is 131 Å². The van der Waals surface area contributed by atoms with Gasteiger partial charge < -0.3 is 5.11 Å². The summed E-state index contributed by atoms with van der Waals surface area (Å²) in [7, 11) is 0. The number of hydrogen-bond acceptors (Lipinski definition) is 5. The minimum Gasteiger partial charge on any atom is -0.395 e. The maximum Gasteiger partial charge on any atom is 0.282 e. The lowest BCUT2D eigenvalue weighted by Crippen LogP contribution is -1.90. The molecule has 21 heavy (non-hydrogen) atoms. The summed E-state index contributed by atoms with van der Waals surface area (Å²) < 4.78 is 0. The average molecular weight is 319 g/mol. The third kappa shape index (κ3) is 4.60. The monoisotopic (exact) mass is 319 g/mol. The second kappa shape index (κ2) is 7.84. The van der Waals surface area contributed by atoms with E-state index >= 15 is 0 Å². The fourth-order valence-corrected chi connectivity index (χ4v) is 3.52. The highest BCUT2D eigenvalue weighted by molar-refractivity contribution is 7.98. The van der Waals surface area contributed by atoms with Crippen LogP contribution in [0.3, 0.4) is 0 Å². The van der Waals surface area contributed by atoms with Crippen molar-refractivity contribution in [3.8, 4) is 11.8 Å². The van der Waals surface area contributed by atoms with E-state index in [0.29, 0.717) is 17.1 Å². The molecule has 0 atom stereocenters. The Bertz CT molecular complexity index is 685. The number of nitro benzene ring substituents is 1. The van der Waals surface area contributed by atoms with E-state index in [1.54, 1.807) is 29.5 Å². The number of thioether (sulfide) groups is 1. The summed E-state index contributed by atoms with van der Waals surface area (Å²) >= 11 is 3.04. The predicted octanol–water partition coefficient (Wildman–Crippen LogP) is 3.68. The molecule has 0 aliphatic rings. The van der Waals surface area contributed by atoms with Gasteiger partial charge in [-0.25, -0.2) is 0 Å². The number of para-hydroxylation sites is 1. The first-order chi connectivity index (χ1) is 10.2. The highest BCUT2D eigenvalue weighted by atomic mass is 32.2. The van der Waals surface area contributed by atoms with Crippen molar-refractivity contribution in [2.24, 2.45) is 0 Å². The fourth-order valence-electron chi connectivity index (χ4n) is 1.62. The Morgan fingerprint density at radius 1 is 1.38 bits per heavy atom. The van der Waals surface area contributed by atoms with Crippen LogP contribution in [0.2, 0.25) is 0 Å². The molecule has 0 saturated heterocycles. The Kier molecular flexibility index (Phi) is 5.81. The van der Waals surface area contributed by atoms with Gasteiger partial charge in [0.2, 0.25) is 0 Å². The van der Waals surface area contributed by atoms with Crippen LogP contribution in [-0.4, -0.2) is 16.6 Å². The molecule has 4 nitrogen and oxygen atoms in total. The van der Waals surface area contributed by atoms with E-state index in [9.17, 15) is 10.1 Å². The summed E-state index contributed by atoms with van der Waals surface area (Å²) in [6.45, 7) is 0.0670. The van der Waals surface area contributed by atoms with Crippen molar-refractivity contribution in [2.75, 3.05) is 6.61 Å². The first-order valence-electron chi connectivity index (χ1n) is 6.24. The van der Waals surface area contributed by atoms with Gasteiger partial charge in [0.1, 0.15) is 0 Å². The number of aliphatic hydroxyl groups excluding tert-OH is 1. The summed E-state index contributed by atoms with van der Waals surface area (Å²) in [5.41, 5.74) is 1.06. The lowest BCUT2D eigenvalue weighted by atomic mass is 10.3. The van der Waals surface area contributed by atoms with Gasteiger partial charge >= 0.3 is 0 Å². The van der Waals surface area contributed by atoms with E-state index in [1.165, 1.54) is 17.8 Å². The van der Waals surface area contributed by atoms with Gasteiger partial charge in [-0.1, -0.05) is 24.0 Å². The minimum absolute atomic E-state index is 0.0670. The Morgan fingerprint density at radius 2 is 2.19 bits per heavy atom. The van der Waals surface area contributed by atoms with Crippen molar-refractivity contribution < 1.29 is 10.0 Å². The third-order valence-corrected chi connectivity index (χ3v) is 4.79. The van der Waals surface area contributed by atoms with Gasteiger partial charge in [0, 0.05) is 34.1 Å². The van der Waals surface area contributed by atoms with Crippen LogP contribution in [0, 0.1) is 22.0 Å².